The summed E-state index contributed by atoms with van der Waals surface area (Å²) in [4.78, 5) is 12.3. The van der Waals surface area contributed by atoms with Crippen molar-refractivity contribution >= 4 is 16.7 Å². The van der Waals surface area contributed by atoms with Crippen LogP contribution in [-0.2, 0) is 9.53 Å². The molecule has 0 aromatic heterocycles. The summed E-state index contributed by atoms with van der Waals surface area (Å²) in [5, 5.41) is 8.66. The van der Waals surface area contributed by atoms with E-state index >= 15 is 0 Å². The van der Waals surface area contributed by atoms with Gasteiger partial charge in [-0.15, -0.1) is 0 Å². The molecule has 1 heterocycles. The molecule has 1 amide bonds. The van der Waals surface area contributed by atoms with Crippen LogP contribution >= 0.6 is 0 Å². The van der Waals surface area contributed by atoms with Crippen LogP contribution in [0.4, 0.5) is 0 Å². The number of nitrogens with one attached hydrogen (secondary N) is 2. The fourth-order valence-corrected chi connectivity index (χ4v) is 2.93. The SMILES string of the molecule is NCC(NC(=O)CC1COCCN1)c1ccc2ccccc2c1. The highest BCUT2D eigenvalue weighted by Gasteiger charge is 2.19. The third kappa shape index (κ3) is 4.07. The monoisotopic (exact) mass is 313 g/mol. The molecule has 122 valence electrons. The predicted molar refractivity (Wildman–Crippen MR) is 91.1 cm³/mol. The van der Waals surface area contributed by atoms with Crippen LogP contribution in [0.25, 0.3) is 10.8 Å². The lowest BCUT2D eigenvalue weighted by Crippen LogP contribution is -2.45. The minimum absolute atomic E-state index is 0.00314. The van der Waals surface area contributed by atoms with E-state index in [1.807, 2.05) is 18.2 Å². The van der Waals surface area contributed by atoms with E-state index in [9.17, 15) is 4.79 Å². The standard InChI is InChI=1S/C18H23N3O2/c19-11-17(21-18(22)10-16-12-23-8-7-20-16)15-6-5-13-3-1-2-4-14(13)9-15/h1-6,9,16-17,20H,7-8,10-12,19H2,(H,21,22). The van der Waals surface area contributed by atoms with Gasteiger partial charge in [0.25, 0.3) is 0 Å². The maximum Gasteiger partial charge on any atom is 0.222 e. The summed E-state index contributed by atoms with van der Waals surface area (Å²) in [5.41, 5.74) is 6.91. The summed E-state index contributed by atoms with van der Waals surface area (Å²) in [6.45, 7) is 2.46. The summed E-state index contributed by atoms with van der Waals surface area (Å²) in [6.07, 6.45) is 0.407. The topological polar surface area (TPSA) is 76.4 Å². The lowest BCUT2D eigenvalue weighted by Gasteiger charge is -2.24. The van der Waals surface area contributed by atoms with Crippen molar-refractivity contribution in [1.82, 2.24) is 10.6 Å². The molecule has 5 nitrogen and oxygen atoms in total. The van der Waals surface area contributed by atoms with Crippen molar-refractivity contribution in [3.05, 3.63) is 48.0 Å². The van der Waals surface area contributed by atoms with Crippen LogP contribution in [0.2, 0.25) is 0 Å². The molecular weight excluding hydrogens is 290 g/mol. The second kappa shape index (κ2) is 7.55. The third-order valence-corrected chi connectivity index (χ3v) is 4.18. The largest absolute Gasteiger partial charge is 0.378 e. The molecule has 1 saturated heterocycles. The van der Waals surface area contributed by atoms with Gasteiger partial charge in [0.1, 0.15) is 0 Å². The molecule has 0 saturated carbocycles. The van der Waals surface area contributed by atoms with Crippen LogP contribution in [0, 0.1) is 0 Å². The Morgan fingerprint density at radius 3 is 2.87 bits per heavy atom. The smallest absolute Gasteiger partial charge is 0.222 e. The van der Waals surface area contributed by atoms with Crippen molar-refractivity contribution in [2.75, 3.05) is 26.3 Å². The first-order chi connectivity index (χ1) is 11.3. The predicted octanol–water partition coefficient (Wildman–Crippen LogP) is 1.33. The van der Waals surface area contributed by atoms with Gasteiger partial charge in [0.15, 0.2) is 0 Å². The molecule has 0 aliphatic carbocycles. The number of hydrogen-bond acceptors (Lipinski definition) is 4. The number of morpholine rings is 1. The number of amides is 1. The Kier molecular flexibility index (Phi) is 5.23. The van der Waals surface area contributed by atoms with Crippen LogP contribution < -0.4 is 16.4 Å². The first-order valence-electron chi connectivity index (χ1n) is 8.05. The molecule has 4 N–H and O–H groups in total. The molecule has 5 heteroatoms. The zero-order valence-electron chi connectivity index (χ0n) is 13.1. The van der Waals surface area contributed by atoms with Crippen LogP contribution in [0.5, 0.6) is 0 Å². The molecule has 1 aliphatic rings. The number of rotatable bonds is 5. The maximum atomic E-state index is 12.3. The minimum atomic E-state index is -0.170. The highest BCUT2D eigenvalue weighted by molar-refractivity contribution is 5.83. The van der Waals surface area contributed by atoms with E-state index in [4.69, 9.17) is 10.5 Å². The van der Waals surface area contributed by atoms with Gasteiger partial charge in [-0.3, -0.25) is 4.79 Å². The maximum absolute atomic E-state index is 12.3. The van der Waals surface area contributed by atoms with Crippen molar-refractivity contribution in [2.45, 2.75) is 18.5 Å². The molecule has 2 aromatic carbocycles. The Labute approximate surface area is 136 Å². The Morgan fingerprint density at radius 2 is 2.13 bits per heavy atom. The number of nitrogens with two attached hydrogens (primary N) is 1. The van der Waals surface area contributed by atoms with Gasteiger partial charge < -0.3 is 21.1 Å². The normalized spacial score (nSPS) is 19.4. The molecule has 2 aromatic rings. The van der Waals surface area contributed by atoms with E-state index < -0.39 is 0 Å². The summed E-state index contributed by atoms with van der Waals surface area (Å²) in [6, 6.07) is 14.3. The quantitative estimate of drug-likeness (QED) is 0.778. The average Bonchev–Trinajstić information content (AvgIpc) is 2.60. The Bertz CT molecular complexity index is 668. The van der Waals surface area contributed by atoms with Crippen molar-refractivity contribution in [1.29, 1.82) is 0 Å². The van der Waals surface area contributed by atoms with Gasteiger partial charge in [0.05, 0.1) is 19.3 Å². The van der Waals surface area contributed by atoms with Gasteiger partial charge in [0, 0.05) is 25.6 Å². The summed E-state index contributed by atoms with van der Waals surface area (Å²) in [7, 11) is 0. The molecule has 0 spiro atoms. The minimum Gasteiger partial charge on any atom is -0.378 e. The van der Waals surface area contributed by atoms with Crippen LogP contribution in [0.1, 0.15) is 18.0 Å². The molecule has 1 aliphatic heterocycles. The van der Waals surface area contributed by atoms with Crippen LogP contribution in [0.3, 0.4) is 0 Å². The van der Waals surface area contributed by atoms with E-state index in [1.54, 1.807) is 0 Å². The molecular formula is C18H23N3O2. The Balaban J connectivity index is 1.66. The van der Waals surface area contributed by atoms with Gasteiger partial charge in [-0.2, -0.15) is 0 Å². The number of fused-ring (bicyclic) bond motifs is 1. The Morgan fingerprint density at radius 1 is 1.30 bits per heavy atom. The van der Waals surface area contributed by atoms with Crippen molar-refractivity contribution in [2.24, 2.45) is 5.73 Å². The van der Waals surface area contributed by atoms with E-state index in [0.29, 0.717) is 26.2 Å². The average molecular weight is 313 g/mol. The zero-order chi connectivity index (χ0) is 16.1. The van der Waals surface area contributed by atoms with Gasteiger partial charge >= 0.3 is 0 Å². The number of hydrogen-bond donors (Lipinski definition) is 3. The highest BCUT2D eigenvalue weighted by Crippen LogP contribution is 2.20. The van der Waals surface area contributed by atoms with Crippen molar-refractivity contribution in [3.8, 4) is 0 Å². The molecule has 0 radical (unpaired) electrons. The number of ether oxygens (including phenoxy) is 1. The second-order valence-electron chi connectivity index (χ2n) is 5.89. The molecule has 2 atom stereocenters. The lowest BCUT2D eigenvalue weighted by molar-refractivity contribution is -0.123. The number of benzene rings is 2. The van der Waals surface area contributed by atoms with E-state index in [0.717, 1.165) is 17.5 Å². The lowest BCUT2D eigenvalue weighted by atomic mass is 10.0. The zero-order valence-corrected chi connectivity index (χ0v) is 13.1. The van der Waals surface area contributed by atoms with E-state index in [1.165, 1.54) is 5.39 Å². The molecule has 1 fully saturated rings. The summed E-state index contributed by atoms with van der Waals surface area (Å²) >= 11 is 0. The molecule has 23 heavy (non-hydrogen) atoms. The first-order valence-corrected chi connectivity index (χ1v) is 8.05. The van der Waals surface area contributed by atoms with E-state index in [-0.39, 0.29) is 18.0 Å². The van der Waals surface area contributed by atoms with Gasteiger partial charge in [0.2, 0.25) is 5.91 Å². The van der Waals surface area contributed by atoms with Gasteiger partial charge in [-0.05, 0) is 22.4 Å². The first kappa shape index (κ1) is 15.9. The molecule has 0 bridgehead atoms. The fourth-order valence-electron chi connectivity index (χ4n) is 2.93. The molecule has 2 unspecified atom stereocenters. The van der Waals surface area contributed by atoms with Crippen molar-refractivity contribution < 1.29 is 9.53 Å². The van der Waals surface area contributed by atoms with E-state index in [2.05, 4.69) is 34.9 Å². The van der Waals surface area contributed by atoms with Gasteiger partial charge in [-0.25, -0.2) is 0 Å². The van der Waals surface area contributed by atoms with Crippen LogP contribution in [-0.4, -0.2) is 38.3 Å². The van der Waals surface area contributed by atoms with Gasteiger partial charge in [-0.1, -0.05) is 36.4 Å². The fraction of sp³-hybridized carbons (Fsp3) is 0.389. The number of carbonyl (C=O) groups excluding carboxylic acids is 1. The second-order valence-corrected chi connectivity index (χ2v) is 5.89. The van der Waals surface area contributed by atoms with Crippen LogP contribution in [0.15, 0.2) is 42.5 Å². The third-order valence-electron chi connectivity index (χ3n) is 4.18. The molecule has 3 rings (SSSR count). The summed E-state index contributed by atoms with van der Waals surface area (Å²) in [5.74, 6) is -0.00314. The number of carbonyl (C=O) groups is 1. The summed E-state index contributed by atoms with van der Waals surface area (Å²) < 4.78 is 5.38. The van der Waals surface area contributed by atoms with Crippen molar-refractivity contribution in [3.63, 3.8) is 0 Å². The Hall–Kier alpha value is -1.95. The highest BCUT2D eigenvalue weighted by atomic mass is 16.5.